The van der Waals surface area contributed by atoms with Gasteiger partial charge in [0.05, 0.1) is 33.2 Å². The molecule has 0 saturated carbocycles. The van der Waals surface area contributed by atoms with Gasteiger partial charge in [-0.05, 0) is 49.2 Å². The third-order valence-electron chi connectivity index (χ3n) is 5.81. The molecule has 6 nitrogen and oxygen atoms in total. The topological polar surface area (TPSA) is 69.8 Å². The Morgan fingerprint density at radius 1 is 0.758 bits per heavy atom. The van der Waals surface area contributed by atoms with Crippen LogP contribution in [0.2, 0.25) is 0 Å². The van der Waals surface area contributed by atoms with Crippen LogP contribution >= 0.6 is 11.8 Å². The molecule has 164 valence electrons. The van der Waals surface area contributed by atoms with E-state index in [1.165, 1.54) is 11.8 Å². The lowest BCUT2D eigenvalue weighted by molar-refractivity contribution is 0.777. The van der Waals surface area contributed by atoms with Crippen LogP contribution in [-0.4, -0.2) is 19.1 Å². The van der Waals surface area contributed by atoms with Gasteiger partial charge in [0.1, 0.15) is 5.82 Å². The van der Waals surface area contributed by atoms with Gasteiger partial charge in [-0.15, -0.1) is 0 Å². The van der Waals surface area contributed by atoms with Crippen molar-refractivity contribution in [2.75, 3.05) is 0 Å². The molecule has 2 heterocycles. The minimum absolute atomic E-state index is 0.0881. The van der Waals surface area contributed by atoms with Crippen molar-refractivity contribution in [3.63, 3.8) is 0 Å². The molecule has 33 heavy (non-hydrogen) atoms. The molecule has 0 radical (unpaired) electrons. The molecule has 7 heteroatoms. The van der Waals surface area contributed by atoms with E-state index >= 15 is 0 Å². The van der Waals surface area contributed by atoms with Gasteiger partial charge in [-0.25, -0.2) is 9.97 Å². The van der Waals surface area contributed by atoms with E-state index in [4.69, 9.17) is 9.97 Å². The molecule has 0 bridgehead atoms. The van der Waals surface area contributed by atoms with E-state index in [9.17, 15) is 9.59 Å². The fourth-order valence-electron chi connectivity index (χ4n) is 4.09. The van der Waals surface area contributed by atoms with Crippen molar-refractivity contribution in [1.82, 2.24) is 19.1 Å². The number of para-hydroxylation sites is 3. The summed E-state index contributed by atoms with van der Waals surface area (Å²) >= 11 is 1.40. The molecule has 0 atom stereocenters. The van der Waals surface area contributed by atoms with Gasteiger partial charge in [-0.2, -0.15) is 0 Å². The van der Waals surface area contributed by atoms with Crippen LogP contribution in [0.3, 0.4) is 0 Å². The Bertz CT molecular complexity index is 1630. The van der Waals surface area contributed by atoms with Crippen LogP contribution in [-0.2, 0) is 12.8 Å². The average molecular weight is 455 g/mol. The molecule has 0 amide bonds. The maximum Gasteiger partial charge on any atom is 0.266 e. The predicted molar refractivity (Wildman–Crippen MR) is 133 cm³/mol. The molecule has 0 spiro atoms. The number of fused-ring (bicyclic) bond motifs is 2. The Hall–Kier alpha value is -3.71. The smallest absolute Gasteiger partial charge is 0.266 e. The van der Waals surface area contributed by atoms with Gasteiger partial charge < -0.3 is 0 Å². The van der Waals surface area contributed by atoms with Gasteiger partial charge >= 0.3 is 0 Å². The second kappa shape index (κ2) is 8.33. The van der Waals surface area contributed by atoms with Crippen molar-refractivity contribution in [3.05, 3.63) is 104 Å². The minimum atomic E-state index is -0.110. The number of rotatable bonds is 4. The van der Waals surface area contributed by atoms with Crippen LogP contribution in [0, 0.1) is 13.8 Å². The van der Waals surface area contributed by atoms with Gasteiger partial charge in [-0.3, -0.25) is 18.7 Å². The maximum absolute atomic E-state index is 13.6. The summed E-state index contributed by atoms with van der Waals surface area (Å²) < 4.78 is 3.26. The Morgan fingerprint density at radius 3 is 2.00 bits per heavy atom. The molecule has 2 aromatic heterocycles. The van der Waals surface area contributed by atoms with E-state index in [0.717, 1.165) is 16.8 Å². The molecule has 0 aliphatic heterocycles. The van der Waals surface area contributed by atoms with Crippen LogP contribution in [0.25, 0.3) is 27.5 Å². The SMILES string of the molecule is Cc1cccc(C)c1-n1c(SCc2nc3ccccc3c(=O)n2C)nc2ccccc2c1=O. The summed E-state index contributed by atoms with van der Waals surface area (Å²) in [5.74, 6) is 1.02. The quantitative estimate of drug-likeness (QED) is 0.295. The molecular weight excluding hydrogens is 432 g/mol. The normalized spacial score (nSPS) is 11.4. The Labute approximate surface area is 194 Å². The number of hydrogen-bond donors (Lipinski definition) is 0. The molecule has 0 saturated heterocycles. The number of aryl methyl sites for hydroxylation is 2. The number of benzene rings is 3. The standard InChI is InChI=1S/C26H22N4O2S/c1-16-9-8-10-17(2)23(16)30-25(32)19-12-5-7-14-21(19)28-26(30)33-15-22-27-20-13-6-4-11-18(20)24(31)29(22)3/h4-14H,15H2,1-3H3. The van der Waals surface area contributed by atoms with E-state index in [1.807, 2.05) is 68.4 Å². The fraction of sp³-hybridized carbons (Fsp3) is 0.154. The average Bonchev–Trinajstić information content (AvgIpc) is 2.82. The summed E-state index contributed by atoms with van der Waals surface area (Å²) in [4.78, 5) is 35.9. The highest BCUT2D eigenvalue weighted by molar-refractivity contribution is 7.98. The van der Waals surface area contributed by atoms with Crippen molar-refractivity contribution >= 4 is 33.6 Å². The Morgan fingerprint density at radius 2 is 1.33 bits per heavy atom. The zero-order chi connectivity index (χ0) is 23.1. The first-order chi connectivity index (χ1) is 16.0. The van der Waals surface area contributed by atoms with E-state index in [-0.39, 0.29) is 11.1 Å². The highest BCUT2D eigenvalue weighted by atomic mass is 32.2. The summed E-state index contributed by atoms with van der Waals surface area (Å²) in [7, 11) is 1.73. The van der Waals surface area contributed by atoms with E-state index < -0.39 is 0 Å². The lowest BCUT2D eigenvalue weighted by Crippen LogP contribution is -2.24. The van der Waals surface area contributed by atoms with Crippen molar-refractivity contribution in [2.45, 2.75) is 24.8 Å². The predicted octanol–water partition coefficient (Wildman–Crippen LogP) is 4.54. The second-order valence-electron chi connectivity index (χ2n) is 7.99. The summed E-state index contributed by atoms with van der Waals surface area (Å²) in [5, 5.41) is 1.73. The van der Waals surface area contributed by atoms with E-state index in [0.29, 0.717) is 38.5 Å². The number of nitrogens with zero attached hydrogens (tertiary/aromatic N) is 4. The monoisotopic (exact) mass is 454 g/mol. The fourth-order valence-corrected chi connectivity index (χ4v) is 5.07. The molecule has 5 rings (SSSR count). The van der Waals surface area contributed by atoms with Crippen LogP contribution < -0.4 is 11.1 Å². The third-order valence-corrected chi connectivity index (χ3v) is 6.75. The van der Waals surface area contributed by atoms with Crippen molar-refractivity contribution in [1.29, 1.82) is 0 Å². The van der Waals surface area contributed by atoms with E-state index in [2.05, 4.69) is 0 Å². The van der Waals surface area contributed by atoms with Gasteiger partial charge in [0.15, 0.2) is 5.16 Å². The lowest BCUT2D eigenvalue weighted by Gasteiger charge is -2.17. The van der Waals surface area contributed by atoms with Crippen LogP contribution in [0.1, 0.15) is 17.0 Å². The Kier molecular flexibility index (Phi) is 5.34. The van der Waals surface area contributed by atoms with Crippen molar-refractivity contribution in [3.8, 4) is 5.69 Å². The number of thioether (sulfide) groups is 1. The molecule has 0 aliphatic rings. The molecule has 0 fully saturated rings. The van der Waals surface area contributed by atoms with Gasteiger partial charge in [0.2, 0.25) is 0 Å². The highest BCUT2D eigenvalue weighted by Gasteiger charge is 2.17. The first kappa shape index (κ1) is 21.2. The minimum Gasteiger partial charge on any atom is -0.299 e. The summed E-state index contributed by atoms with van der Waals surface area (Å²) in [6.07, 6.45) is 0. The summed E-state index contributed by atoms with van der Waals surface area (Å²) in [5.41, 5.74) is 3.93. The molecule has 3 aromatic carbocycles. The van der Waals surface area contributed by atoms with Crippen LogP contribution in [0.5, 0.6) is 0 Å². The van der Waals surface area contributed by atoms with E-state index in [1.54, 1.807) is 28.3 Å². The zero-order valence-electron chi connectivity index (χ0n) is 18.6. The molecule has 0 unspecified atom stereocenters. The molecule has 0 aliphatic carbocycles. The highest BCUT2D eigenvalue weighted by Crippen LogP contribution is 2.27. The lowest BCUT2D eigenvalue weighted by atomic mass is 10.1. The van der Waals surface area contributed by atoms with Gasteiger partial charge in [0, 0.05) is 7.05 Å². The van der Waals surface area contributed by atoms with Crippen LogP contribution in [0.4, 0.5) is 0 Å². The number of hydrogen-bond acceptors (Lipinski definition) is 5. The largest absolute Gasteiger partial charge is 0.299 e. The summed E-state index contributed by atoms with van der Waals surface area (Å²) in [6, 6.07) is 20.7. The first-order valence-electron chi connectivity index (χ1n) is 10.6. The van der Waals surface area contributed by atoms with Crippen molar-refractivity contribution < 1.29 is 0 Å². The van der Waals surface area contributed by atoms with Gasteiger partial charge in [-0.1, -0.05) is 54.2 Å². The molecule has 0 N–H and O–H groups in total. The zero-order valence-corrected chi connectivity index (χ0v) is 19.4. The number of aromatic nitrogens is 4. The van der Waals surface area contributed by atoms with Crippen molar-refractivity contribution in [2.24, 2.45) is 7.05 Å². The maximum atomic E-state index is 13.6. The third kappa shape index (κ3) is 3.64. The Balaban J connectivity index is 1.68. The molecular formula is C26H22N4O2S. The van der Waals surface area contributed by atoms with Gasteiger partial charge in [0.25, 0.3) is 11.1 Å². The first-order valence-corrected chi connectivity index (χ1v) is 11.6. The van der Waals surface area contributed by atoms with Crippen LogP contribution in [0.15, 0.2) is 81.5 Å². The molecule has 5 aromatic rings. The summed E-state index contributed by atoms with van der Waals surface area (Å²) in [6.45, 7) is 3.99. The second-order valence-corrected chi connectivity index (χ2v) is 8.93.